The van der Waals surface area contributed by atoms with Gasteiger partial charge in [-0.25, -0.2) is 14.8 Å². The van der Waals surface area contributed by atoms with Crippen molar-refractivity contribution in [3.8, 4) is 10.6 Å². The van der Waals surface area contributed by atoms with E-state index in [1.54, 1.807) is 12.1 Å². The molecule has 0 unspecified atom stereocenters. The monoisotopic (exact) mass is 329 g/mol. The van der Waals surface area contributed by atoms with E-state index in [0.717, 1.165) is 29.1 Å². The van der Waals surface area contributed by atoms with E-state index in [1.807, 2.05) is 11.5 Å². The van der Waals surface area contributed by atoms with Crippen molar-refractivity contribution in [3.63, 3.8) is 0 Å². The number of amides is 1. The van der Waals surface area contributed by atoms with Crippen molar-refractivity contribution in [1.29, 1.82) is 0 Å². The van der Waals surface area contributed by atoms with Crippen LogP contribution in [0.5, 0.6) is 0 Å². The highest BCUT2D eigenvalue weighted by atomic mass is 32.1. The van der Waals surface area contributed by atoms with Crippen molar-refractivity contribution < 1.29 is 9.18 Å². The first-order valence-electron chi connectivity index (χ1n) is 7.33. The van der Waals surface area contributed by atoms with Crippen LogP contribution in [0.4, 0.5) is 4.39 Å². The SMILES string of the molecule is CC1=C/C(=N/NC(=O)Cc2csc(-c3ccc(F)cc3)n2)CC1. The Balaban J connectivity index is 1.60. The molecule has 6 heteroatoms. The van der Waals surface area contributed by atoms with Gasteiger partial charge in [0.1, 0.15) is 10.8 Å². The van der Waals surface area contributed by atoms with Crippen molar-refractivity contribution in [2.45, 2.75) is 26.2 Å². The van der Waals surface area contributed by atoms with Crippen LogP contribution in [0.15, 0.2) is 46.4 Å². The molecule has 3 rings (SSSR count). The third-order valence-electron chi connectivity index (χ3n) is 3.50. The van der Waals surface area contributed by atoms with E-state index in [1.165, 1.54) is 29.0 Å². The highest BCUT2D eigenvalue weighted by molar-refractivity contribution is 7.13. The zero-order valence-electron chi connectivity index (χ0n) is 12.7. The molecule has 23 heavy (non-hydrogen) atoms. The molecule has 0 fully saturated rings. The number of allylic oxidation sites excluding steroid dienone is 2. The number of hydrazone groups is 1. The smallest absolute Gasteiger partial charge is 0.246 e. The molecule has 1 aliphatic rings. The van der Waals surface area contributed by atoms with Gasteiger partial charge in [0.25, 0.3) is 0 Å². The van der Waals surface area contributed by atoms with E-state index < -0.39 is 0 Å². The van der Waals surface area contributed by atoms with Gasteiger partial charge in [-0.2, -0.15) is 5.10 Å². The first kappa shape index (κ1) is 15.6. The fourth-order valence-corrected chi connectivity index (χ4v) is 3.12. The average molecular weight is 329 g/mol. The van der Waals surface area contributed by atoms with E-state index >= 15 is 0 Å². The molecule has 1 aliphatic carbocycles. The standard InChI is InChI=1S/C17H16FN3OS/c1-11-2-7-14(8-11)20-21-16(22)9-15-10-23-17(19-15)12-3-5-13(18)6-4-12/h3-6,8,10H,2,7,9H2,1H3,(H,21,22)/b20-14+. The van der Waals surface area contributed by atoms with Gasteiger partial charge in [-0.15, -0.1) is 11.3 Å². The predicted octanol–water partition coefficient (Wildman–Crippen LogP) is 3.70. The number of hydrogen-bond donors (Lipinski definition) is 1. The molecule has 1 amide bonds. The normalized spacial score (nSPS) is 15.7. The molecule has 0 aliphatic heterocycles. The molecule has 1 N–H and O–H groups in total. The fraction of sp³-hybridized carbons (Fsp3) is 0.235. The van der Waals surface area contributed by atoms with Gasteiger partial charge in [0.15, 0.2) is 0 Å². The molecular formula is C17H16FN3OS. The van der Waals surface area contributed by atoms with Gasteiger partial charge in [0.2, 0.25) is 5.91 Å². The number of rotatable bonds is 4. The Morgan fingerprint density at radius 1 is 1.35 bits per heavy atom. The molecule has 0 radical (unpaired) electrons. The van der Waals surface area contributed by atoms with Crippen molar-refractivity contribution in [2.24, 2.45) is 5.10 Å². The second-order valence-corrected chi connectivity index (χ2v) is 6.31. The van der Waals surface area contributed by atoms with E-state index in [4.69, 9.17) is 0 Å². The van der Waals surface area contributed by atoms with E-state index in [-0.39, 0.29) is 18.1 Å². The molecule has 0 atom stereocenters. The molecule has 0 spiro atoms. The van der Waals surface area contributed by atoms with Crippen LogP contribution in [-0.2, 0) is 11.2 Å². The number of nitrogens with one attached hydrogen (secondary N) is 1. The second kappa shape index (κ2) is 6.83. The van der Waals surface area contributed by atoms with Gasteiger partial charge in [-0.05, 0) is 50.1 Å². The Kier molecular flexibility index (Phi) is 4.62. The molecule has 1 aromatic heterocycles. The molecule has 1 heterocycles. The van der Waals surface area contributed by atoms with Crippen molar-refractivity contribution in [2.75, 3.05) is 0 Å². The van der Waals surface area contributed by atoms with E-state index in [9.17, 15) is 9.18 Å². The number of hydrogen-bond acceptors (Lipinski definition) is 4. The largest absolute Gasteiger partial charge is 0.273 e. The lowest BCUT2D eigenvalue weighted by Crippen LogP contribution is -2.21. The van der Waals surface area contributed by atoms with Crippen LogP contribution in [0.2, 0.25) is 0 Å². The number of benzene rings is 1. The number of aromatic nitrogens is 1. The quantitative estimate of drug-likeness (QED) is 0.870. The highest BCUT2D eigenvalue weighted by Crippen LogP contribution is 2.24. The summed E-state index contributed by atoms with van der Waals surface area (Å²) in [5.74, 6) is -0.466. The maximum atomic E-state index is 12.9. The topological polar surface area (TPSA) is 54.4 Å². The zero-order valence-corrected chi connectivity index (χ0v) is 13.5. The zero-order chi connectivity index (χ0) is 16.2. The lowest BCUT2D eigenvalue weighted by Gasteiger charge is -1.99. The van der Waals surface area contributed by atoms with Gasteiger partial charge in [0.05, 0.1) is 17.8 Å². The van der Waals surface area contributed by atoms with Crippen molar-refractivity contribution in [1.82, 2.24) is 10.4 Å². The summed E-state index contributed by atoms with van der Waals surface area (Å²) in [6, 6.07) is 6.16. The summed E-state index contributed by atoms with van der Waals surface area (Å²) >= 11 is 1.44. The minimum Gasteiger partial charge on any atom is -0.273 e. The number of thiazole rings is 1. The fourth-order valence-electron chi connectivity index (χ4n) is 2.29. The van der Waals surface area contributed by atoms with Crippen molar-refractivity contribution >= 4 is 23.0 Å². The third-order valence-corrected chi connectivity index (χ3v) is 4.44. The third kappa shape index (κ3) is 4.10. The lowest BCUT2D eigenvalue weighted by molar-refractivity contribution is -0.120. The number of nitrogens with zero attached hydrogens (tertiary/aromatic N) is 2. The molecule has 2 aromatic rings. The van der Waals surface area contributed by atoms with Crippen LogP contribution in [0, 0.1) is 5.82 Å². The average Bonchev–Trinajstić information content (AvgIpc) is 3.15. The summed E-state index contributed by atoms with van der Waals surface area (Å²) in [7, 11) is 0. The van der Waals surface area contributed by atoms with Crippen LogP contribution in [0.3, 0.4) is 0 Å². The Hall–Kier alpha value is -2.34. The summed E-state index contributed by atoms with van der Waals surface area (Å²) < 4.78 is 12.9. The Morgan fingerprint density at radius 3 is 2.83 bits per heavy atom. The van der Waals surface area contributed by atoms with Gasteiger partial charge >= 0.3 is 0 Å². The van der Waals surface area contributed by atoms with E-state index in [2.05, 4.69) is 22.4 Å². The van der Waals surface area contributed by atoms with Crippen molar-refractivity contribution in [3.05, 3.63) is 52.8 Å². The Bertz CT molecular complexity index is 777. The summed E-state index contributed by atoms with van der Waals surface area (Å²) in [4.78, 5) is 16.3. The number of halogens is 1. The first-order valence-corrected chi connectivity index (χ1v) is 8.21. The van der Waals surface area contributed by atoms with Gasteiger partial charge in [-0.1, -0.05) is 5.57 Å². The summed E-state index contributed by atoms with van der Waals surface area (Å²) in [6.45, 7) is 2.05. The number of carbonyl (C=O) groups is 1. The maximum absolute atomic E-state index is 12.9. The van der Waals surface area contributed by atoms with Gasteiger partial charge in [0, 0.05) is 10.9 Å². The molecule has 0 saturated heterocycles. The minimum atomic E-state index is -0.278. The summed E-state index contributed by atoms with van der Waals surface area (Å²) in [5.41, 5.74) is 6.28. The Morgan fingerprint density at radius 2 is 2.13 bits per heavy atom. The molecule has 1 aromatic carbocycles. The van der Waals surface area contributed by atoms with Gasteiger partial charge in [-0.3, -0.25) is 4.79 Å². The molecule has 118 valence electrons. The summed E-state index contributed by atoms with van der Waals surface area (Å²) in [5, 5.41) is 6.73. The molecule has 4 nitrogen and oxygen atoms in total. The second-order valence-electron chi connectivity index (χ2n) is 5.46. The van der Waals surface area contributed by atoms with Gasteiger partial charge < -0.3 is 0 Å². The Labute approximate surface area is 137 Å². The van der Waals surface area contributed by atoms with E-state index in [0.29, 0.717) is 5.69 Å². The summed E-state index contributed by atoms with van der Waals surface area (Å²) in [6.07, 6.45) is 4.05. The maximum Gasteiger partial charge on any atom is 0.246 e. The number of carbonyl (C=O) groups excluding carboxylic acids is 1. The molecule has 0 bridgehead atoms. The van der Waals surface area contributed by atoms with Crippen LogP contribution in [0.25, 0.3) is 10.6 Å². The van der Waals surface area contributed by atoms with Crippen LogP contribution in [0.1, 0.15) is 25.5 Å². The molecular weight excluding hydrogens is 313 g/mol. The molecule has 0 saturated carbocycles. The van der Waals surface area contributed by atoms with Crippen LogP contribution >= 0.6 is 11.3 Å². The lowest BCUT2D eigenvalue weighted by atomic mass is 10.2. The van der Waals surface area contributed by atoms with Crippen LogP contribution in [-0.4, -0.2) is 16.6 Å². The predicted molar refractivity (Wildman–Crippen MR) is 89.8 cm³/mol. The first-order chi connectivity index (χ1) is 11.1. The highest BCUT2D eigenvalue weighted by Gasteiger charge is 2.10. The van der Waals surface area contributed by atoms with Crippen LogP contribution < -0.4 is 5.43 Å². The minimum absolute atomic E-state index is 0.178.